The Kier molecular flexibility index (Phi) is 6.91. The van der Waals surface area contributed by atoms with E-state index < -0.39 is 23.6 Å². The SMILES string of the molecule is CCOC(=O)C(N)Cc1ccc(OC)c(COc2ccc(F)cc2F)c1. The third kappa shape index (κ3) is 5.16. The summed E-state index contributed by atoms with van der Waals surface area (Å²) in [4.78, 5) is 11.7. The minimum atomic E-state index is -0.788. The zero-order valence-corrected chi connectivity index (χ0v) is 14.6. The Morgan fingerprint density at radius 3 is 2.54 bits per heavy atom. The summed E-state index contributed by atoms with van der Waals surface area (Å²) in [7, 11) is 1.50. The molecule has 26 heavy (non-hydrogen) atoms. The Morgan fingerprint density at radius 1 is 1.15 bits per heavy atom. The molecule has 0 aliphatic carbocycles. The van der Waals surface area contributed by atoms with E-state index in [0.29, 0.717) is 11.3 Å². The maximum atomic E-state index is 13.7. The van der Waals surface area contributed by atoms with Gasteiger partial charge in [0, 0.05) is 11.6 Å². The van der Waals surface area contributed by atoms with Crippen molar-refractivity contribution in [2.24, 2.45) is 5.73 Å². The monoisotopic (exact) mass is 365 g/mol. The molecule has 0 aliphatic heterocycles. The lowest BCUT2D eigenvalue weighted by atomic mass is 10.0. The minimum Gasteiger partial charge on any atom is -0.496 e. The van der Waals surface area contributed by atoms with Crippen molar-refractivity contribution in [1.82, 2.24) is 0 Å². The molecule has 2 rings (SSSR count). The molecule has 2 aromatic carbocycles. The maximum absolute atomic E-state index is 13.7. The van der Waals surface area contributed by atoms with E-state index >= 15 is 0 Å². The number of ether oxygens (including phenoxy) is 3. The second-order valence-corrected chi connectivity index (χ2v) is 5.57. The van der Waals surface area contributed by atoms with Gasteiger partial charge < -0.3 is 19.9 Å². The Bertz CT molecular complexity index is 767. The number of carbonyl (C=O) groups is 1. The predicted octanol–water partition coefficient (Wildman–Crippen LogP) is 2.99. The summed E-state index contributed by atoms with van der Waals surface area (Å²) in [5.74, 6) is -1.47. The molecule has 1 unspecified atom stereocenters. The topological polar surface area (TPSA) is 70.8 Å². The van der Waals surface area contributed by atoms with E-state index in [-0.39, 0.29) is 25.4 Å². The van der Waals surface area contributed by atoms with Crippen LogP contribution >= 0.6 is 0 Å². The molecule has 0 bridgehead atoms. The van der Waals surface area contributed by atoms with Crippen molar-refractivity contribution in [3.05, 3.63) is 59.2 Å². The molecule has 0 aromatic heterocycles. The molecule has 7 heteroatoms. The van der Waals surface area contributed by atoms with Gasteiger partial charge >= 0.3 is 5.97 Å². The van der Waals surface area contributed by atoms with Gasteiger partial charge in [0.15, 0.2) is 11.6 Å². The first kappa shape index (κ1) is 19.7. The number of esters is 1. The Morgan fingerprint density at radius 2 is 1.88 bits per heavy atom. The number of rotatable bonds is 8. The van der Waals surface area contributed by atoms with E-state index in [4.69, 9.17) is 19.9 Å². The third-order valence-corrected chi connectivity index (χ3v) is 3.67. The summed E-state index contributed by atoms with van der Waals surface area (Å²) in [6, 6.07) is 7.56. The van der Waals surface area contributed by atoms with Gasteiger partial charge in [0.05, 0.1) is 13.7 Å². The van der Waals surface area contributed by atoms with Crippen LogP contribution in [0.15, 0.2) is 36.4 Å². The molecular formula is C19H21F2NO4. The van der Waals surface area contributed by atoms with Crippen molar-refractivity contribution in [2.75, 3.05) is 13.7 Å². The van der Waals surface area contributed by atoms with E-state index in [1.54, 1.807) is 25.1 Å². The van der Waals surface area contributed by atoms with Crippen molar-refractivity contribution in [2.45, 2.75) is 26.0 Å². The number of hydrogen-bond donors (Lipinski definition) is 1. The van der Waals surface area contributed by atoms with Crippen LogP contribution in [0.1, 0.15) is 18.1 Å². The number of nitrogens with two attached hydrogens (primary N) is 1. The first-order chi connectivity index (χ1) is 12.4. The molecule has 2 N–H and O–H groups in total. The summed E-state index contributed by atoms with van der Waals surface area (Å²) in [6.45, 7) is 1.98. The first-order valence-electron chi connectivity index (χ1n) is 8.10. The summed E-state index contributed by atoms with van der Waals surface area (Å²) < 4.78 is 42.2. The van der Waals surface area contributed by atoms with E-state index in [1.165, 1.54) is 13.2 Å². The van der Waals surface area contributed by atoms with E-state index in [2.05, 4.69) is 0 Å². The average molecular weight is 365 g/mol. The van der Waals surface area contributed by atoms with Gasteiger partial charge in [0.2, 0.25) is 0 Å². The molecule has 2 aromatic rings. The molecule has 0 saturated carbocycles. The van der Waals surface area contributed by atoms with Crippen LogP contribution in [0.4, 0.5) is 8.78 Å². The summed E-state index contributed by atoms with van der Waals surface area (Å²) in [5.41, 5.74) is 7.26. The van der Waals surface area contributed by atoms with Crippen LogP contribution < -0.4 is 15.2 Å². The quantitative estimate of drug-likeness (QED) is 0.728. The highest BCUT2D eigenvalue weighted by molar-refractivity contribution is 5.75. The molecule has 5 nitrogen and oxygen atoms in total. The van der Waals surface area contributed by atoms with Crippen LogP contribution in [0.25, 0.3) is 0 Å². The molecule has 0 spiro atoms. The fourth-order valence-electron chi connectivity index (χ4n) is 2.41. The molecule has 0 fully saturated rings. The van der Waals surface area contributed by atoms with Gasteiger partial charge in [-0.25, -0.2) is 8.78 Å². The molecule has 1 atom stereocenters. The van der Waals surface area contributed by atoms with Crippen LogP contribution in [0.5, 0.6) is 11.5 Å². The third-order valence-electron chi connectivity index (χ3n) is 3.67. The van der Waals surface area contributed by atoms with Gasteiger partial charge in [-0.15, -0.1) is 0 Å². The number of halogens is 2. The minimum absolute atomic E-state index is 0.00815. The van der Waals surface area contributed by atoms with Crippen molar-refractivity contribution in [3.8, 4) is 11.5 Å². The van der Waals surface area contributed by atoms with Crippen LogP contribution in [-0.4, -0.2) is 25.7 Å². The van der Waals surface area contributed by atoms with Crippen LogP contribution in [-0.2, 0) is 22.6 Å². The molecular weight excluding hydrogens is 344 g/mol. The van der Waals surface area contributed by atoms with E-state index in [0.717, 1.165) is 17.7 Å². The molecule has 0 amide bonds. The smallest absolute Gasteiger partial charge is 0.323 e. The second kappa shape index (κ2) is 9.15. The molecule has 0 radical (unpaired) electrons. The summed E-state index contributed by atoms with van der Waals surface area (Å²) >= 11 is 0. The van der Waals surface area contributed by atoms with Crippen LogP contribution in [0.3, 0.4) is 0 Å². The van der Waals surface area contributed by atoms with E-state index in [1.807, 2.05) is 0 Å². The highest BCUT2D eigenvalue weighted by Gasteiger charge is 2.16. The number of methoxy groups -OCH3 is 1. The second-order valence-electron chi connectivity index (χ2n) is 5.57. The Labute approximate surface area is 150 Å². The number of hydrogen-bond acceptors (Lipinski definition) is 5. The zero-order valence-electron chi connectivity index (χ0n) is 14.6. The van der Waals surface area contributed by atoms with Crippen molar-refractivity contribution >= 4 is 5.97 Å². The highest BCUT2D eigenvalue weighted by atomic mass is 19.1. The fraction of sp³-hybridized carbons (Fsp3) is 0.316. The number of carbonyl (C=O) groups excluding carboxylic acids is 1. The van der Waals surface area contributed by atoms with Gasteiger partial charge in [-0.2, -0.15) is 0 Å². The average Bonchev–Trinajstić information content (AvgIpc) is 2.61. The van der Waals surface area contributed by atoms with Crippen LogP contribution in [0, 0.1) is 11.6 Å². The van der Waals surface area contributed by atoms with Gasteiger partial charge in [-0.3, -0.25) is 4.79 Å². The number of benzene rings is 2. The lowest BCUT2D eigenvalue weighted by Crippen LogP contribution is -2.34. The highest BCUT2D eigenvalue weighted by Crippen LogP contribution is 2.24. The molecule has 140 valence electrons. The lowest BCUT2D eigenvalue weighted by molar-refractivity contribution is -0.144. The van der Waals surface area contributed by atoms with Gasteiger partial charge in [0.25, 0.3) is 0 Å². The predicted molar refractivity (Wildman–Crippen MR) is 92.0 cm³/mol. The normalized spacial score (nSPS) is 11.7. The van der Waals surface area contributed by atoms with Crippen molar-refractivity contribution in [1.29, 1.82) is 0 Å². The molecule has 0 heterocycles. The van der Waals surface area contributed by atoms with Crippen LogP contribution in [0.2, 0.25) is 0 Å². The molecule has 0 saturated heterocycles. The Hall–Kier alpha value is -2.67. The zero-order chi connectivity index (χ0) is 19.1. The van der Waals surface area contributed by atoms with Crippen molar-refractivity contribution < 1.29 is 27.8 Å². The maximum Gasteiger partial charge on any atom is 0.323 e. The molecule has 0 aliphatic rings. The summed E-state index contributed by atoms with van der Waals surface area (Å²) in [6.07, 6.45) is 0.279. The van der Waals surface area contributed by atoms with E-state index in [9.17, 15) is 13.6 Å². The standard InChI is InChI=1S/C19H21F2NO4/c1-3-25-19(23)16(22)9-12-4-6-17(24-2)13(8-12)11-26-18-7-5-14(20)10-15(18)21/h4-8,10,16H,3,9,11,22H2,1-2H3. The van der Waals surface area contributed by atoms with Gasteiger partial charge in [-0.1, -0.05) is 6.07 Å². The van der Waals surface area contributed by atoms with Crippen molar-refractivity contribution in [3.63, 3.8) is 0 Å². The largest absolute Gasteiger partial charge is 0.496 e. The Balaban J connectivity index is 2.12. The summed E-state index contributed by atoms with van der Waals surface area (Å²) in [5, 5.41) is 0. The van der Waals surface area contributed by atoms with Gasteiger partial charge in [0.1, 0.15) is 24.2 Å². The van der Waals surface area contributed by atoms with Gasteiger partial charge in [-0.05, 0) is 43.2 Å². The lowest BCUT2D eigenvalue weighted by Gasteiger charge is -2.14. The fourth-order valence-corrected chi connectivity index (χ4v) is 2.41. The first-order valence-corrected chi connectivity index (χ1v) is 8.10.